The van der Waals surface area contributed by atoms with Gasteiger partial charge in [0.25, 0.3) is 0 Å². The number of hydrogen-bond donors (Lipinski definition) is 0. The number of ketones is 1. The van der Waals surface area contributed by atoms with Crippen molar-refractivity contribution in [3.8, 4) is 0 Å². The second kappa shape index (κ2) is 7.81. The molecule has 2 aliphatic rings. The Morgan fingerprint density at radius 3 is 2.38 bits per heavy atom. The second-order valence-corrected chi connectivity index (χ2v) is 6.03. The number of anilines is 1. The molecule has 116 valence electrons. The Kier molecular flexibility index (Phi) is 6.07. The molecule has 1 heterocycles. The van der Waals surface area contributed by atoms with E-state index in [2.05, 4.69) is 40.1 Å². The molecule has 1 saturated carbocycles. The van der Waals surface area contributed by atoms with E-state index in [1.165, 1.54) is 12.1 Å². The summed E-state index contributed by atoms with van der Waals surface area (Å²) in [6.07, 6.45) is 4.27. The minimum Gasteiger partial charge on any atom is -0.369 e. The van der Waals surface area contributed by atoms with E-state index in [4.69, 9.17) is 0 Å². The van der Waals surface area contributed by atoms with Gasteiger partial charge in [-0.2, -0.15) is 0 Å². The van der Waals surface area contributed by atoms with Crippen molar-refractivity contribution in [3.63, 3.8) is 0 Å². The van der Waals surface area contributed by atoms with Gasteiger partial charge in [-0.1, -0.05) is 24.6 Å². The van der Waals surface area contributed by atoms with Gasteiger partial charge in [0, 0.05) is 50.7 Å². The number of rotatable bonds is 3. The summed E-state index contributed by atoms with van der Waals surface area (Å²) in [5.41, 5.74) is 1.32. The first-order valence-corrected chi connectivity index (χ1v) is 7.88. The van der Waals surface area contributed by atoms with E-state index >= 15 is 0 Å². The third-order valence-corrected chi connectivity index (χ3v) is 4.65. The molecule has 1 aliphatic heterocycles. The maximum Gasteiger partial charge on any atom is 0.137 e. The molecule has 1 unspecified atom stereocenters. The van der Waals surface area contributed by atoms with E-state index in [0.29, 0.717) is 11.7 Å². The molecule has 1 aromatic carbocycles. The van der Waals surface area contributed by atoms with Crippen LogP contribution >= 0.6 is 12.4 Å². The maximum absolute atomic E-state index is 11.9. The standard InChI is InChI=1S/C17H24N2O.ClH/c20-17-9-5-4-6-15(17)14-18-10-12-19(13-11-18)16-7-2-1-3-8-16;/h1-3,7-8,15H,4-6,9-14H2;1H. The van der Waals surface area contributed by atoms with Crippen LogP contribution in [0.25, 0.3) is 0 Å². The molecule has 0 N–H and O–H groups in total. The molecular weight excluding hydrogens is 284 g/mol. The predicted molar refractivity (Wildman–Crippen MR) is 89.3 cm³/mol. The molecule has 0 radical (unpaired) electrons. The van der Waals surface area contributed by atoms with Crippen molar-refractivity contribution >= 4 is 23.9 Å². The van der Waals surface area contributed by atoms with Crippen molar-refractivity contribution in [3.05, 3.63) is 30.3 Å². The van der Waals surface area contributed by atoms with Crippen molar-refractivity contribution in [1.29, 1.82) is 0 Å². The van der Waals surface area contributed by atoms with Gasteiger partial charge in [0.15, 0.2) is 0 Å². The van der Waals surface area contributed by atoms with Gasteiger partial charge in [-0.15, -0.1) is 12.4 Å². The molecule has 1 atom stereocenters. The molecule has 4 heteroatoms. The minimum absolute atomic E-state index is 0. The lowest BCUT2D eigenvalue weighted by Gasteiger charge is -2.38. The van der Waals surface area contributed by atoms with Gasteiger partial charge in [0.1, 0.15) is 5.78 Å². The van der Waals surface area contributed by atoms with Crippen LogP contribution in [0.1, 0.15) is 25.7 Å². The fraction of sp³-hybridized carbons (Fsp3) is 0.588. The monoisotopic (exact) mass is 308 g/mol. The molecule has 1 aromatic rings. The van der Waals surface area contributed by atoms with Crippen molar-refractivity contribution in [2.45, 2.75) is 25.7 Å². The summed E-state index contributed by atoms with van der Waals surface area (Å²) in [6.45, 7) is 5.30. The zero-order valence-corrected chi connectivity index (χ0v) is 13.4. The Morgan fingerprint density at radius 1 is 1.00 bits per heavy atom. The first-order chi connectivity index (χ1) is 9.83. The van der Waals surface area contributed by atoms with Crippen LogP contribution in [0.4, 0.5) is 5.69 Å². The molecule has 21 heavy (non-hydrogen) atoms. The number of hydrogen-bond acceptors (Lipinski definition) is 3. The average Bonchev–Trinajstić information content (AvgIpc) is 2.51. The van der Waals surface area contributed by atoms with Crippen molar-refractivity contribution in [2.24, 2.45) is 5.92 Å². The summed E-state index contributed by atoms with van der Waals surface area (Å²) in [6, 6.07) is 10.6. The van der Waals surface area contributed by atoms with Gasteiger partial charge in [-0.25, -0.2) is 0 Å². The van der Waals surface area contributed by atoms with Gasteiger partial charge in [0.2, 0.25) is 0 Å². The Morgan fingerprint density at radius 2 is 1.71 bits per heavy atom. The Hall–Kier alpha value is -1.06. The van der Waals surface area contributed by atoms with Gasteiger partial charge in [-0.05, 0) is 25.0 Å². The number of carbonyl (C=O) groups is 1. The summed E-state index contributed by atoms with van der Waals surface area (Å²) >= 11 is 0. The van der Waals surface area contributed by atoms with Gasteiger partial charge in [-0.3, -0.25) is 9.69 Å². The second-order valence-electron chi connectivity index (χ2n) is 6.03. The SMILES string of the molecule is Cl.O=C1CCCCC1CN1CCN(c2ccccc2)CC1. The van der Waals surface area contributed by atoms with Crippen molar-refractivity contribution < 1.29 is 4.79 Å². The molecule has 0 amide bonds. The third-order valence-electron chi connectivity index (χ3n) is 4.65. The van der Waals surface area contributed by atoms with Crippen LogP contribution in [-0.2, 0) is 4.79 Å². The first kappa shape index (κ1) is 16.3. The van der Waals surface area contributed by atoms with Crippen LogP contribution in [-0.4, -0.2) is 43.4 Å². The van der Waals surface area contributed by atoms with E-state index in [0.717, 1.165) is 52.0 Å². The quantitative estimate of drug-likeness (QED) is 0.857. The fourth-order valence-corrected chi connectivity index (χ4v) is 3.39. The Labute approximate surface area is 133 Å². The number of para-hydroxylation sites is 1. The zero-order chi connectivity index (χ0) is 13.8. The van der Waals surface area contributed by atoms with Crippen molar-refractivity contribution in [2.75, 3.05) is 37.6 Å². The van der Waals surface area contributed by atoms with Gasteiger partial charge < -0.3 is 4.90 Å². The lowest BCUT2D eigenvalue weighted by molar-refractivity contribution is -0.125. The molecule has 0 aromatic heterocycles. The summed E-state index contributed by atoms with van der Waals surface area (Å²) in [7, 11) is 0. The normalized spacial score (nSPS) is 23.7. The number of piperazine rings is 1. The lowest BCUT2D eigenvalue weighted by atomic mass is 9.87. The summed E-state index contributed by atoms with van der Waals surface area (Å²) < 4.78 is 0. The Balaban J connectivity index is 0.00000161. The minimum atomic E-state index is 0. The van der Waals surface area contributed by atoms with Crippen LogP contribution in [0.5, 0.6) is 0 Å². The van der Waals surface area contributed by atoms with E-state index in [1.807, 2.05) is 0 Å². The topological polar surface area (TPSA) is 23.6 Å². The number of Topliss-reactive ketones (excluding diaryl/α,β-unsaturated/α-hetero) is 1. The van der Waals surface area contributed by atoms with Crippen molar-refractivity contribution in [1.82, 2.24) is 4.90 Å². The first-order valence-electron chi connectivity index (χ1n) is 7.88. The number of halogens is 1. The zero-order valence-electron chi connectivity index (χ0n) is 12.5. The maximum atomic E-state index is 11.9. The fourth-order valence-electron chi connectivity index (χ4n) is 3.39. The van der Waals surface area contributed by atoms with Gasteiger partial charge >= 0.3 is 0 Å². The predicted octanol–water partition coefficient (Wildman–Crippen LogP) is 2.99. The van der Waals surface area contributed by atoms with E-state index in [-0.39, 0.29) is 12.4 Å². The van der Waals surface area contributed by atoms with Crippen LogP contribution < -0.4 is 4.90 Å². The smallest absolute Gasteiger partial charge is 0.137 e. The highest BCUT2D eigenvalue weighted by Gasteiger charge is 2.26. The highest BCUT2D eigenvalue weighted by molar-refractivity contribution is 5.85. The summed E-state index contributed by atoms with van der Waals surface area (Å²) in [5.74, 6) is 0.814. The molecule has 1 saturated heterocycles. The lowest BCUT2D eigenvalue weighted by Crippen LogP contribution is -2.48. The Bertz CT molecular complexity index is 443. The van der Waals surface area contributed by atoms with Crippen LogP contribution in [0, 0.1) is 5.92 Å². The van der Waals surface area contributed by atoms with E-state index < -0.39 is 0 Å². The van der Waals surface area contributed by atoms with Crippen LogP contribution in [0.2, 0.25) is 0 Å². The summed E-state index contributed by atoms with van der Waals surface area (Å²) in [5, 5.41) is 0. The van der Waals surface area contributed by atoms with Gasteiger partial charge in [0.05, 0.1) is 0 Å². The molecule has 3 nitrogen and oxygen atoms in total. The molecule has 3 rings (SSSR count). The molecule has 0 spiro atoms. The molecule has 1 aliphatic carbocycles. The highest BCUT2D eigenvalue weighted by atomic mass is 35.5. The highest BCUT2D eigenvalue weighted by Crippen LogP contribution is 2.22. The molecular formula is C17H25ClN2O. The van der Waals surface area contributed by atoms with Crippen LogP contribution in [0.3, 0.4) is 0 Å². The largest absolute Gasteiger partial charge is 0.369 e. The third kappa shape index (κ3) is 4.21. The van der Waals surface area contributed by atoms with E-state index in [9.17, 15) is 4.79 Å². The summed E-state index contributed by atoms with van der Waals surface area (Å²) in [4.78, 5) is 16.8. The van der Waals surface area contributed by atoms with Crippen LogP contribution in [0.15, 0.2) is 30.3 Å². The number of benzene rings is 1. The molecule has 2 fully saturated rings. The number of nitrogens with zero attached hydrogens (tertiary/aromatic N) is 2. The number of carbonyl (C=O) groups excluding carboxylic acids is 1. The average molecular weight is 309 g/mol. The van der Waals surface area contributed by atoms with E-state index in [1.54, 1.807) is 0 Å². The molecule has 0 bridgehead atoms.